The summed E-state index contributed by atoms with van der Waals surface area (Å²) in [6, 6.07) is 12.6. The molecular formula is C16H14FNO2. The normalized spacial score (nSPS) is 9.85. The maximum Gasteiger partial charge on any atom is 0.255 e. The van der Waals surface area contributed by atoms with Gasteiger partial charge in [0.25, 0.3) is 5.91 Å². The highest BCUT2D eigenvalue weighted by Crippen LogP contribution is 2.16. The maximum absolute atomic E-state index is 13.4. The van der Waals surface area contributed by atoms with Gasteiger partial charge in [0.05, 0.1) is 5.69 Å². The smallest absolute Gasteiger partial charge is 0.255 e. The summed E-state index contributed by atoms with van der Waals surface area (Å²) >= 11 is 0. The quantitative estimate of drug-likeness (QED) is 0.843. The van der Waals surface area contributed by atoms with Crippen molar-refractivity contribution >= 4 is 11.6 Å². The Bertz CT molecular complexity index is 608. The van der Waals surface area contributed by atoms with Crippen LogP contribution < -0.4 is 10.1 Å². The van der Waals surface area contributed by atoms with Gasteiger partial charge in [0.1, 0.15) is 18.2 Å². The third-order valence-corrected chi connectivity index (χ3v) is 2.61. The Morgan fingerprint density at radius 3 is 2.55 bits per heavy atom. The first-order valence-corrected chi connectivity index (χ1v) is 6.10. The van der Waals surface area contributed by atoms with E-state index >= 15 is 0 Å². The molecule has 1 N–H and O–H groups in total. The van der Waals surface area contributed by atoms with E-state index in [1.54, 1.807) is 42.5 Å². The monoisotopic (exact) mass is 271 g/mol. The molecule has 0 radical (unpaired) electrons. The van der Waals surface area contributed by atoms with Gasteiger partial charge in [-0.2, -0.15) is 0 Å². The second kappa shape index (κ2) is 6.52. The van der Waals surface area contributed by atoms with Crippen molar-refractivity contribution in [3.05, 3.63) is 72.6 Å². The van der Waals surface area contributed by atoms with Crippen molar-refractivity contribution in [2.75, 3.05) is 11.9 Å². The topological polar surface area (TPSA) is 38.3 Å². The van der Waals surface area contributed by atoms with Gasteiger partial charge < -0.3 is 10.1 Å². The van der Waals surface area contributed by atoms with E-state index < -0.39 is 5.82 Å². The van der Waals surface area contributed by atoms with Crippen molar-refractivity contribution < 1.29 is 13.9 Å². The maximum atomic E-state index is 13.4. The summed E-state index contributed by atoms with van der Waals surface area (Å²) in [5.74, 6) is -0.190. The van der Waals surface area contributed by atoms with Crippen LogP contribution in [0.2, 0.25) is 0 Å². The molecule has 0 saturated carbocycles. The predicted octanol–water partition coefficient (Wildman–Crippen LogP) is 3.64. The third-order valence-electron chi connectivity index (χ3n) is 2.61. The van der Waals surface area contributed by atoms with Gasteiger partial charge in [0, 0.05) is 5.56 Å². The fraction of sp³-hybridized carbons (Fsp3) is 0.0625. The molecule has 0 atom stereocenters. The van der Waals surface area contributed by atoms with Crippen LogP contribution >= 0.6 is 0 Å². The number of ether oxygens (including phenoxy) is 1. The summed E-state index contributed by atoms with van der Waals surface area (Å²) in [6.07, 6.45) is 1.64. The van der Waals surface area contributed by atoms with E-state index in [0.29, 0.717) is 17.9 Å². The molecule has 2 aromatic carbocycles. The number of rotatable bonds is 5. The highest BCUT2D eigenvalue weighted by molar-refractivity contribution is 6.04. The van der Waals surface area contributed by atoms with Crippen LogP contribution in [0.3, 0.4) is 0 Å². The number of hydrogen-bond donors (Lipinski definition) is 1. The van der Waals surface area contributed by atoms with Gasteiger partial charge >= 0.3 is 0 Å². The molecule has 2 aromatic rings. The van der Waals surface area contributed by atoms with Gasteiger partial charge in [-0.25, -0.2) is 4.39 Å². The molecule has 0 aliphatic heterocycles. The van der Waals surface area contributed by atoms with Crippen molar-refractivity contribution in [1.29, 1.82) is 0 Å². The van der Waals surface area contributed by atoms with E-state index in [0.717, 1.165) is 0 Å². The molecule has 0 unspecified atom stereocenters. The number of anilines is 1. The van der Waals surface area contributed by atoms with Crippen molar-refractivity contribution in [3.63, 3.8) is 0 Å². The summed E-state index contributed by atoms with van der Waals surface area (Å²) in [6.45, 7) is 3.96. The molecule has 20 heavy (non-hydrogen) atoms. The SMILES string of the molecule is C=CCOc1ccc(C(=O)Nc2ccccc2F)cc1. The van der Waals surface area contributed by atoms with Gasteiger partial charge in [-0.05, 0) is 36.4 Å². The summed E-state index contributed by atoms with van der Waals surface area (Å²) in [4.78, 5) is 12.0. The summed E-state index contributed by atoms with van der Waals surface area (Å²) in [5, 5.41) is 2.52. The Labute approximate surface area is 116 Å². The molecule has 0 fully saturated rings. The van der Waals surface area contributed by atoms with Crippen LogP contribution in [-0.2, 0) is 0 Å². The summed E-state index contributed by atoms with van der Waals surface area (Å²) in [5.41, 5.74) is 0.587. The largest absolute Gasteiger partial charge is 0.490 e. The summed E-state index contributed by atoms with van der Waals surface area (Å²) < 4.78 is 18.7. The van der Waals surface area contributed by atoms with Crippen LogP contribution in [-0.4, -0.2) is 12.5 Å². The zero-order valence-corrected chi connectivity index (χ0v) is 10.8. The lowest BCUT2D eigenvalue weighted by molar-refractivity contribution is 0.102. The molecule has 102 valence electrons. The van der Waals surface area contributed by atoms with Crippen LogP contribution in [0.1, 0.15) is 10.4 Å². The highest BCUT2D eigenvalue weighted by Gasteiger charge is 2.08. The second-order valence-electron chi connectivity index (χ2n) is 4.06. The second-order valence-corrected chi connectivity index (χ2v) is 4.06. The minimum Gasteiger partial charge on any atom is -0.490 e. The molecule has 0 saturated heterocycles. The lowest BCUT2D eigenvalue weighted by Gasteiger charge is -2.07. The third kappa shape index (κ3) is 3.45. The number of carbonyl (C=O) groups is 1. The fourth-order valence-electron chi connectivity index (χ4n) is 1.61. The van der Waals surface area contributed by atoms with E-state index in [1.807, 2.05) is 0 Å². The van der Waals surface area contributed by atoms with E-state index in [1.165, 1.54) is 12.1 Å². The van der Waals surface area contributed by atoms with E-state index in [4.69, 9.17) is 4.74 Å². The highest BCUT2D eigenvalue weighted by atomic mass is 19.1. The first kappa shape index (κ1) is 13.8. The van der Waals surface area contributed by atoms with Crippen LogP contribution in [0, 0.1) is 5.82 Å². The molecule has 0 spiro atoms. The van der Waals surface area contributed by atoms with Crippen molar-refractivity contribution in [2.24, 2.45) is 0 Å². The van der Waals surface area contributed by atoms with Gasteiger partial charge in [-0.15, -0.1) is 0 Å². The van der Waals surface area contributed by atoms with E-state index in [9.17, 15) is 9.18 Å². The minimum absolute atomic E-state index is 0.157. The molecule has 0 aliphatic carbocycles. The zero-order valence-electron chi connectivity index (χ0n) is 10.8. The van der Waals surface area contributed by atoms with Crippen LogP contribution in [0.25, 0.3) is 0 Å². The predicted molar refractivity (Wildman–Crippen MR) is 76.5 cm³/mol. The summed E-state index contributed by atoms with van der Waals surface area (Å²) in [7, 11) is 0. The molecule has 0 bridgehead atoms. The van der Waals surface area contributed by atoms with Crippen LogP contribution in [0.15, 0.2) is 61.2 Å². The van der Waals surface area contributed by atoms with Gasteiger partial charge in [0.15, 0.2) is 0 Å². The standard InChI is InChI=1S/C16H14FNO2/c1-2-11-20-13-9-7-12(8-10-13)16(19)18-15-6-4-3-5-14(15)17/h2-10H,1,11H2,(H,18,19). The zero-order chi connectivity index (χ0) is 14.4. The fourth-order valence-corrected chi connectivity index (χ4v) is 1.61. The van der Waals surface area contributed by atoms with Crippen molar-refractivity contribution in [3.8, 4) is 5.75 Å². The lowest BCUT2D eigenvalue weighted by atomic mass is 10.2. The van der Waals surface area contributed by atoms with Crippen LogP contribution in [0.4, 0.5) is 10.1 Å². The molecular weight excluding hydrogens is 257 g/mol. The molecule has 4 heteroatoms. The average molecular weight is 271 g/mol. The Morgan fingerprint density at radius 2 is 1.90 bits per heavy atom. The molecule has 0 aliphatic rings. The van der Waals surface area contributed by atoms with Gasteiger partial charge in [-0.1, -0.05) is 24.8 Å². The minimum atomic E-state index is -0.466. The van der Waals surface area contributed by atoms with Gasteiger partial charge in [-0.3, -0.25) is 4.79 Å². The lowest BCUT2D eigenvalue weighted by Crippen LogP contribution is -2.12. The molecule has 0 heterocycles. The molecule has 3 nitrogen and oxygen atoms in total. The molecule has 0 aromatic heterocycles. The van der Waals surface area contributed by atoms with Crippen molar-refractivity contribution in [1.82, 2.24) is 0 Å². The Kier molecular flexibility index (Phi) is 4.50. The first-order chi connectivity index (χ1) is 9.70. The number of carbonyl (C=O) groups excluding carboxylic acids is 1. The van der Waals surface area contributed by atoms with E-state index in [-0.39, 0.29) is 11.6 Å². The molecule has 2 rings (SSSR count). The number of benzene rings is 2. The average Bonchev–Trinajstić information content (AvgIpc) is 2.48. The van der Waals surface area contributed by atoms with Gasteiger partial charge in [0.2, 0.25) is 0 Å². The van der Waals surface area contributed by atoms with Crippen LogP contribution in [0.5, 0.6) is 5.75 Å². The number of hydrogen-bond acceptors (Lipinski definition) is 2. The molecule has 1 amide bonds. The van der Waals surface area contributed by atoms with E-state index in [2.05, 4.69) is 11.9 Å². The first-order valence-electron chi connectivity index (χ1n) is 6.10. The number of amides is 1. The number of para-hydroxylation sites is 1. The Balaban J connectivity index is 2.06. The Hall–Kier alpha value is -2.62. The number of halogens is 1. The van der Waals surface area contributed by atoms with Crippen molar-refractivity contribution in [2.45, 2.75) is 0 Å². The Morgan fingerprint density at radius 1 is 1.20 bits per heavy atom. The number of nitrogens with one attached hydrogen (secondary N) is 1.